The molecule has 0 saturated carbocycles. The van der Waals surface area contributed by atoms with Crippen LogP contribution in [0.1, 0.15) is 17.2 Å². The number of thiophene rings is 1. The average Bonchev–Trinajstić information content (AvgIpc) is 2.91. The molecule has 0 saturated heterocycles. The Bertz CT molecular complexity index is 572. The lowest BCUT2D eigenvalue weighted by Gasteiger charge is -2.19. The molecule has 0 aliphatic heterocycles. The molecule has 1 unspecified atom stereocenters. The highest BCUT2D eigenvalue weighted by Gasteiger charge is 2.24. The van der Waals surface area contributed by atoms with Crippen LogP contribution < -0.4 is 14.2 Å². The summed E-state index contributed by atoms with van der Waals surface area (Å²) < 4.78 is 16.8. The molecule has 0 bridgehead atoms. The SMILES string of the molecule is COc1cc(OC)c(C(O)c2cscc2Br)c(OC)c1. The van der Waals surface area contributed by atoms with Crippen molar-refractivity contribution >= 4 is 27.3 Å². The Balaban J connectivity index is 2.57. The van der Waals surface area contributed by atoms with E-state index in [1.807, 2.05) is 10.8 Å². The predicted octanol–water partition coefficient (Wildman–Crippen LogP) is 3.62. The van der Waals surface area contributed by atoms with Crippen molar-refractivity contribution in [3.8, 4) is 17.2 Å². The van der Waals surface area contributed by atoms with Crippen LogP contribution in [0.15, 0.2) is 27.4 Å². The maximum absolute atomic E-state index is 10.6. The summed E-state index contributed by atoms with van der Waals surface area (Å²) in [5.74, 6) is 1.65. The summed E-state index contributed by atoms with van der Waals surface area (Å²) >= 11 is 4.94. The summed E-state index contributed by atoms with van der Waals surface area (Å²) in [6, 6.07) is 3.45. The zero-order chi connectivity index (χ0) is 14.7. The van der Waals surface area contributed by atoms with Crippen LogP contribution in [0, 0.1) is 0 Å². The van der Waals surface area contributed by atoms with Gasteiger partial charge in [0.2, 0.25) is 0 Å². The molecule has 1 N–H and O–H groups in total. The Morgan fingerprint density at radius 2 is 1.65 bits per heavy atom. The molecule has 6 heteroatoms. The fraction of sp³-hybridized carbons (Fsp3) is 0.286. The number of methoxy groups -OCH3 is 3. The molecule has 0 spiro atoms. The van der Waals surface area contributed by atoms with Gasteiger partial charge in [0.05, 0.1) is 26.9 Å². The van der Waals surface area contributed by atoms with E-state index in [0.717, 1.165) is 10.0 Å². The van der Waals surface area contributed by atoms with Crippen LogP contribution in [0.3, 0.4) is 0 Å². The van der Waals surface area contributed by atoms with Gasteiger partial charge in [0.25, 0.3) is 0 Å². The highest BCUT2D eigenvalue weighted by molar-refractivity contribution is 9.10. The van der Waals surface area contributed by atoms with Gasteiger partial charge in [-0.05, 0) is 21.3 Å². The highest BCUT2D eigenvalue weighted by atomic mass is 79.9. The second kappa shape index (κ2) is 6.47. The third kappa shape index (κ3) is 2.77. The number of hydrogen-bond donors (Lipinski definition) is 1. The number of aliphatic hydroxyl groups is 1. The van der Waals surface area contributed by atoms with Crippen molar-refractivity contribution < 1.29 is 19.3 Å². The van der Waals surface area contributed by atoms with Crippen LogP contribution in [0.4, 0.5) is 0 Å². The molecule has 2 rings (SSSR count). The molecular weight excluding hydrogens is 344 g/mol. The zero-order valence-electron chi connectivity index (χ0n) is 11.3. The largest absolute Gasteiger partial charge is 0.496 e. The molecule has 108 valence electrons. The maximum atomic E-state index is 10.6. The molecule has 1 heterocycles. The molecule has 4 nitrogen and oxygen atoms in total. The summed E-state index contributed by atoms with van der Waals surface area (Å²) in [5, 5.41) is 14.4. The Labute approximate surface area is 130 Å². The molecule has 20 heavy (non-hydrogen) atoms. The first-order chi connectivity index (χ1) is 9.62. The fourth-order valence-electron chi connectivity index (χ4n) is 1.94. The Kier molecular flexibility index (Phi) is 4.91. The normalized spacial score (nSPS) is 12.1. The number of halogens is 1. The molecule has 0 amide bonds. The first kappa shape index (κ1) is 15.2. The van der Waals surface area contributed by atoms with Gasteiger partial charge in [-0.25, -0.2) is 0 Å². The van der Waals surface area contributed by atoms with Gasteiger partial charge < -0.3 is 19.3 Å². The molecule has 1 aromatic heterocycles. The smallest absolute Gasteiger partial charge is 0.132 e. The van der Waals surface area contributed by atoms with Crippen LogP contribution in [0.5, 0.6) is 17.2 Å². The van der Waals surface area contributed by atoms with Crippen LogP contribution in [0.25, 0.3) is 0 Å². The number of rotatable bonds is 5. The van der Waals surface area contributed by atoms with E-state index in [2.05, 4.69) is 15.9 Å². The van der Waals surface area contributed by atoms with Crippen LogP contribution in [0.2, 0.25) is 0 Å². The second-order valence-corrected chi connectivity index (χ2v) is 5.62. The van der Waals surface area contributed by atoms with E-state index in [0.29, 0.717) is 22.8 Å². The van der Waals surface area contributed by atoms with E-state index in [1.54, 1.807) is 33.5 Å². The van der Waals surface area contributed by atoms with Crippen molar-refractivity contribution in [1.82, 2.24) is 0 Å². The lowest BCUT2D eigenvalue weighted by molar-refractivity contribution is 0.208. The summed E-state index contributed by atoms with van der Waals surface area (Å²) in [4.78, 5) is 0. The standard InChI is InChI=1S/C14H15BrO4S/c1-17-8-4-11(18-2)13(12(5-8)19-3)14(16)9-6-20-7-10(9)15/h4-7,14,16H,1-3H3. The van der Waals surface area contributed by atoms with Gasteiger partial charge in [-0.3, -0.25) is 0 Å². The summed E-state index contributed by atoms with van der Waals surface area (Å²) in [5.41, 5.74) is 1.35. The Hall–Kier alpha value is -1.24. The van der Waals surface area contributed by atoms with Gasteiger partial charge in [0, 0.05) is 27.5 Å². The summed E-state index contributed by atoms with van der Waals surface area (Å²) in [6.45, 7) is 0. The van der Waals surface area contributed by atoms with E-state index in [-0.39, 0.29) is 0 Å². The van der Waals surface area contributed by atoms with Gasteiger partial charge in [-0.2, -0.15) is 11.3 Å². The van der Waals surface area contributed by atoms with Crippen LogP contribution >= 0.6 is 27.3 Å². The highest BCUT2D eigenvalue weighted by Crippen LogP contribution is 2.42. The third-order valence-corrected chi connectivity index (χ3v) is 4.72. The van der Waals surface area contributed by atoms with E-state index >= 15 is 0 Å². The number of aliphatic hydroxyl groups excluding tert-OH is 1. The number of benzene rings is 1. The maximum Gasteiger partial charge on any atom is 0.132 e. The lowest BCUT2D eigenvalue weighted by atomic mass is 10.0. The van der Waals surface area contributed by atoms with Gasteiger partial charge in [0.15, 0.2) is 0 Å². The molecule has 1 aromatic carbocycles. The average molecular weight is 359 g/mol. The van der Waals surface area contributed by atoms with Crippen molar-refractivity contribution in [2.75, 3.05) is 21.3 Å². The number of hydrogen-bond acceptors (Lipinski definition) is 5. The van der Waals surface area contributed by atoms with Crippen LogP contribution in [-0.4, -0.2) is 26.4 Å². The second-order valence-electron chi connectivity index (χ2n) is 4.02. The van der Waals surface area contributed by atoms with Crippen molar-refractivity contribution in [2.24, 2.45) is 0 Å². The van der Waals surface area contributed by atoms with Crippen LogP contribution in [-0.2, 0) is 0 Å². The monoisotopic (exact) mass is 358 g/mol. The van der Waals surface area contributed by atoms with E-state index in [1.165, 1.54) is 11.3 Å². The van der Waals surface area contributed by atoms with Gasteiger partial charge in [-0.1, -0.05) is 0 Å². The van der Waals surface area contributed by atoms with Crippen molar-refractivity contribution in [3.63, 3.8) is 0 Å². The molecule has 0 aliphatic rings. The summed E-state index contributed by atoms with van der Waals surface area (Å²) in [7, 11) is 4.67. The molecule has 0 aliphatic carbocycles. The number of ether oxygens (including phenoxy) is 3. The molecule has 0 radical (unpaired) electrons. The summed E-state index contributed by atoms with van der Waals surface area (Å²) in [6.07, 6.45) is -0.841. The van der Waals surface area contributed by atoms with Gasteiger partial charge >= 0.3 is 0 Å². The minimum Gasteiger partial charge on any atom is -0.496 e. The minimum atomic E-state index is -0.841. The first-order valence-corrected chi connectivity index (χ1v) is 7.55. The molecular formula is C14H15BrO4S. The van der Waals surface area contributed by atoms with Gasteiger partial charge in [-0.15, -0.1) is 0 Å². The Morgan fingerprint density at radius 3 is 2.05 bits per heavy atom. The van der Waals surface area contributed by atoms with E-state index in [9.17, 15) is 5.11 Å². The fourth-order valence-corrected chi connectivity index (χ4v) is 3.48. The molecule has 2 aromatic rings. The van der Waals surface area contributed by atoms with E-state index < -0.39 is 6.10 Å². The van der Waals surface area contributed by atoms with Crippen molar-refractivity contribution in [1.29, 1.82) is 0 Å². The minimum absolute atomic E-state index is 0.520. The van der Waals surface area contributed by atoms with Gasteiger partial charge in [0.1, 0.15) is 23.4 Å². The molecule has 1 atom stereocenters. The Morgan fingerprint density at radius 1 is 1.05 bits per heavy atom. The van der Waals surface area contributed by atoms with E-state index in [4.69, 9.17) is 14.2 Å². The lowest BCUT2D eigenvalue weighted by Crippen LogP contribution is -2.05. The van der Waals surface area contributed by atoms with Crippen molar-refractivity contribution in [2.45, 2.75) is 6.10 Å². The quantitative estimate of drug-likeness (QED) is 0.886. The first-order valence-electron chi connectivity index (χ1n) is 5.82. The zero-order valence-corrected chi connectivity index (χ0v) is 13.7. The topological polar surface area (TPSA) is 47.9 Å². The predicted molar refractivity (Wildman–Crippen MR) is 82.2 cm³/mol. The third-order valence-electron chi connectivity index (χ3n) is 2.96. The van der Waals surface area contributed by atoms with Crippen molar-refractivity contribution in [3.05, 3.63) is 38.5 Å². The molecule has 0 fully saturated rings.